The molecule has 0 bridgehead atoms. The van der Waals surface area contributed by atoms with Gasteiger partial charge >= 0.3 is 0 Å². The highest BCUT2D eigenvalue weighted by molar-refractivity contribution is 7.92. The van der Waals surface area contributed by atoms with Crippen molar-refractivity contribution >= 4 is 27.3 Å². The van der Waals surface area contributed by atoms with E-state index in [2.05, 4.69) is 10.3 Å². The van der Waals surface area contributed by atoms with Gasteiger partial charge in [0.15, 0.2) is 0 Å². The molecule has 0 aliphatic heterocycles. The molecule has 1 N–H and O–H groups in total. The number of sulfonamides is 1. The minimum atomic E-state index is -3.63. The third kappa shape index (κ3) is 4.32. The summed E-state index contributed by atoms with van der Waals surface area (Å²) < 4.78 is 25.7. The fraction of sp³-hybridized carbons (Fsp3) is 0.294. The number of pyridine rings is 1. The molecule has 0 saturated heterocycles. The van der Waals surface area contributed by atoms with Gasteiger partial charge in [-0.1, -0.05) is 6.07 Å². The summed E-state index contributed by atoms with van der Waals surface area (Å²) in [6.45, 7) is 5.33. The molecule has 0 unspecified atom stereocenters. The summed E-state index contributed by atoms with van der Waals surface area (Å²) in [5.41, 5.74) is 2.85. The molecule has 0 spiro atoms. The lowest BCUT2D eigenvalue weighted by Gasteiger charge is -2.28. The van der Waals surface area contributed by atoms with Gasteiger partial charge in [-0.15, -0.1) is 0 Å². The van der Waals surface area contributed by atoms with Crippen molar-refractivity contribution in [2.24, 2.45) is 0 Å². The van der Waals surface area contributed by atoms with Crippen LogP contribution in [0.2, 0.25) is 0 Å². The SMILES string of the molecule is Cc1cc(C)cc(N([C@H](C)C(=O)Nc2cccnc2)S(C)(=O)=O)c1. The highest BCUT2D eigenvalue weighted by atomic mass is 32.2. The van der Waals surface area contributed by atoms with E-state index < -0.39 is 22.0 Å². The number of nitrogens with zero attached hydrogens (tertiary/aromatic N) is 2. The number of carbonyl (C=O) groups excluding carboxylic acids is 1. The maximum absolute atomic E-state index is 12.5. The topological polar surface area (TPSA) is 79.4 Å². The Labute approximate surface area is 142 Å². The van der Waals surface area contributed by atoms with Gasteiger partial charge in [0.2, 0.25) is 15.9 Å². The summed E-state index contributed by atoms with van der Waals surface area (Å²) in [4.78, 5) is 16.4. The normalized spacial score (nSPS) is 12.5. The molecule has 24 heavy (non-hydrogen) atoms. The Morgan fingerprint density at radius 1 is 1.21 bits per heavy atom. The molecule has 128 valence electrons. The molecule has 2 rings (SSSR count). The fourth-order valence-electron chi connectivity index (χ4n) is 2.57. The number of aryl methyl sites for hydroxylation is 2. The molecule has 1 aromatic carbocycles. The number of carbonyl (C=O) groups is 1. The highest BCUT2D eigenvalue weighted by Crippen LogP contribution is 2.24. The first-order valence-corrected chi connectivity index (χ1v) is 9.32. The van der Waals surface area contributed by atoms with Crippen molar-refractivity contribution in [3.63, 3.8) is 0 Å². The van der Waals surface area contributed by atoms with Crippen LogP contribution in [0.4, 0.5) is 11.4 Å². The summed E-state index contributed by atoms with van der Waals surface area (Å²) in [5.74, 6) is -0.424. The van der Waals surface area contributed by atoms with Crippen molar-refractivity contribution in [1.82, 2.24) is 4.98 Å². The van der Waals surface area contributed by atoms with Gasteiger partial charge in [0.05, 0.1) is 23.8 Å². The van der Waals surface area contributed by atoms with Gasteiger partial charge in [0.25, 0.3) is 0 Å². The molecular formula is C17H21N3O3S. The van der Waals surface area contributed by atoms with E-state index in [0.29, 0.717) is 11.4 Å². The lowest BCUT2D eigenvalue weighted by Crippen LogP contribution is -2.45. The van der Waals surface area contributed by atoms with Crippen LogP contribution in [-0.4, -0.2) is 31.6 Å². The number of aromatic nitrogens is 1. The van der Waals surface area contributed by atoms with Crippen molar-refractivity contribution in [2.75, 3.05) is 15.9 Å². The predicted molar refractivity (Wildman–Crippen MR) is 95.6 cm³/mol. The van der Waals surface area contributed by atoms with Crippen LogP contribution in [0.1, 0.15) is 18.1 Å². The summed E-state index contributed by atoms with van der Waals surface area (Å²) >= 11 is 0. The summed E-state index contributed by atoms with van der Waals surface area (Å²) in [6, 6.07) is 7.94. The fourth-order valence-corrected chi connectivity index (χ4v) is 3.73. The van der Waals surface area contributed by atoms with E-state index in [0.717, 1.165) is 21.7 Å². The average Bonchev–Trinajstić information content (AvgIpc) is 2.45. The van der Waals surface area contributed by atoms with Crippen LogP contribution in [0, 0.1) is 13.8 Å². The third-order valence-corrected chi connectivity index (χ3v) is 4.72. The van der Waals surface area contributed by atoms with Gasteiger partial charge in [0, 0.05) is 6.20 Å². The number of hydrogen-bond donors (Lipinski definition) is 1. The molecule has 0 aliphatic rings. The van der Waals surface area contributed by atoms with Crippen LogP contribution in [0.25, 0.3) is 0 Å². The van der Waals surface area contributed by atoms with E-state index >= 15 is 0 Å². The first kappa shape index (κ1) is 17.9. The molecule has 1 aromatic heterocycles. The first-order chi connectivity index (χ1) is 11.2. The average molecular weight is 347 g/mol. The zero-order chi connectivity index (χ0) is 17.9. The van der Waals surface area contributed by atoms with Crippen LogP contribution in [0.15, 0.2) is 42.7 Å². The molecule has 2 aromatic rings. The maximum Gasteiger partial charge on any atom is 0.248 e. The largest absolute Gasteiger partial charge is 0.323 e. The number of anilines is 2. The minimum absolute atomic E-state index is 0.424. The molecule has 1 atom stereocenters. The van der Waals surface area contributed by atoms with Crippen LogP contribution >= 0.6 is 0 Å². The van der Waals surface area contributed by atoms with Gasteiger partial charge in [-0.2, -0.15) is 0 Å². The summed E-state index contributed by atoms with van der Waals surface area (Å²) in [7, 11) is -3.63. The van der Waals surface area contributed by atoms with Gasteiger partial charge in [-0.05, 0) is 56.2 Å². The summed E-state index contributed by atoms with van der Waals surface area (Å²) in [5, 5.41) is 2.69. The number of hydrogen-bond acceptors (Lipinski definition) is 4. The molecular weight excluding hydrogens is 326 g/mol. The van der Waals surface area contributed by atoms with Crippen molar-refractivity contribution in [3.8, 4) is 0 Å². The number of nitrogens with one attached hydrogen (secondary N) is 1. The van der Waals surface area contributed by atoms with Gasteiger partial charge in [-0.3, -0.25) is 14.1 Å². The second kappa shape index (κ2) is 7.00. The Morgan fingerprint density at radius 3 is 2.33 bits per heavy atom. The first-order valence-electron chi connectivity index (χ1n) is 7.47. The number of rotatable bonds is 5. The number of benzene rings is 1. The molecule has 0 fully saturated rings. The van der Waals surface area contributed by atoms with E-state index in [1.54, 1.807) is 37.4 Å². The lowest BCUT2D eigenvalue weighted by molar-refractivity contribution is -0.116. The number of amides is 1. The molecule has 0 aliphatic carbocycles. The van der Waals surface area contributed by atoms with Crippen LogP contribution in [-0.2, 0) is 14.8 Å². The Balaban J connectivity index is 2.36. The Bertz CT molecular complexity index is 815. The molecule has 0 radical (unpaired) electrons. The van der Waals surface area contributed by atoms with E-state index in [1.807, 2.05) is 19.9 Å². The molecule has 7 heteroatoms. The Morgan fingerprint density at radius 2 is 1.83 bits per heavy atom. The van der Waals surface area contributed by atoms with Gasteiger partial charge < -0.3 is 5.32 Å². The smallest absolute Gasteiger partial charge is 0.248 e. The zero-order valence-corrected chi connectivity index (χ0v) is 15.0. The molecule has 0 saturated carbocycles. The van der Waals surface area contributed by atoms with Gasteiger partial charge in [0.1, 0.15) is 6.04 Å². The molecule has 1 amide bonds. The minimum Gasteiger partial charge on any atom is -0.323 e. The highest BCUT2D eigenvalue weighted by Gasteiger charge is 2.29. The molecule has 1 heterocycles. The second-order valence-electron chi connectivity index (χ2n) is 5.81. The summed E-state index contributed by atoms with van der Waals surface area (Å²) in [6.07, 6.45) is 4.20. The molecule has 6 nitrogen and oxygen atoms in total. The van der Waals surface area contributed by atoms with Crippen LogP contribution < -0.4 is 9.62 Å². The van der Waals surface area contributed by atoms with Crippen molar-refractivity contribution in [2.45, 2.75) is 26.8 Å². The monoisotopic (exact) mass is 347 g/mol. The van der Waals surface area contributed by atoms with Crippen molar-refractivity contribution in [1.29, 1.82) is 0 Å². The van der Waals surface area contributed by atoms with Crippen LogP contribution in [0.5, 0.6) is 0 Å². The van der Waals surface area contributed by atoms with Crippen LogP contribution in [0.3, 0.4) is 0 Å². The Kier molecular flexibility index (Phi) is 5.23. The quantitative estimate of drug-likeness (QED) is 0.901. The van der Waals surface area contributed by atoms with E-state index in [9.17, 15) is 13.2 Å². The predicted octanol–water partition coefficient (Wildman–Crippen LogP) is 2.49. The van der Waals surface area contributed by atoms with Crippen molar-refractivity contribution in [3.05, 3.63) is 53.9 Å². The maximum atomic E-state index is 12.5. The van der Waals surface area contributed by atoms with Gasteiger partial charge in [-0.25, -0.2) is 8.42 Å². The van der Waals surface area contributed by atoms with E-state index in [-0.39, 0.29) is 0 Å². The van der Waals surface area contributed by atoms with Crippen molar-refractivity contribution < 1.29 is 13.2 Å². The van der Waals surface area contributed by atoms with E-state index in [4.69, 9.17) is 0 Å². The van der Waals surface area contributed by atoms with E-state index in [1.165, 1.54) is 6.20 Å². The Hall–Kier alpha value is -2.41. The standard InChI is InChI=1S/C17H21N3O3S/c1-12-8-13(2)10-16(9-12)20(24(4,22)23)14(3)17(21)19-15-6-5-7-18-11-15/h5-11,14H,1-4H3,(H,19,21)/t14-/m1/s1. The lowest BCUT2D eigenvalue weighted by atomic mass is 10.1. The second-order valence-corrected chi connectivity index (χ2v) is 7.67. The third-order valence-electron chi connectivity index (χ3n) is 3.48. The zero-order valence-electron chi connectivity index (χ0n) is 14.1.